The van der Waals surface area contributed by atoms with Crippen LogP contribution in [-0.2, 0) is 22.4 Å². The number of unbranched alkanes of at least 4 members (excludes halogenated alkanes) is 1. The van der Waals surface area contributed by atoms with Gasteiger partial charge in [0, 0.05) is 18.1 Å². The van der Waals surface area contributed by atoms with Crippen LogP contribution in [0.2, 0.25) is 0 Å². The van der Waals surface area contributed by atoms with Crippen molar-refractivity contribution in [3.8, 4) is 5.75 Å². The second kappa shape index (κ2) is 11.2. The Kier molecular flexibility index (Phi) is 8.59. The van der Waals surface area contributed by atoms with Gasteiger partial charge in [-0.15, -0.1) is 0 Å². The predicted octanol–water partition coefficient (Wildman–Crippen LogP) is 4.28. The summed E-state index contributed by atoms with van der Waals surface area (Å²) in [5, 5.41) is 20.6. The SMILES string of the molecule is CCOC(=O)C=Cc1cccc(O)c1C[C@@H](O)CCCCc1ccccc1. The fourth-order valence-electron chi connectivity index (χ4n) is 3.01. The van der Waals surface area contributed by atoms with Crippen LogP contribution in [0.25, 0.3) is 6.08 Å². The number of carbonyl (C=O) groups excluding carboxylic acids is 1. The van der Waals surface area contributed by atoms with Gasteiger partial charge >= 0.3 is 5.97 Å². The molecule has 0 heterocycles. The number of ether oxygens (including phenoxy) is 1. The summed E-state index contributed by atoms with van der Waals surface area (Å²) in [6, 6.07) is 15.4. The number of aryl methyl sites for hydroxylation is 1. The molecule has 0 aliphatic rings. The molecule has 0 aliphatic carbocycles. The minimum atomic E-state index is -0.538. The number of esters is 1. The molecule has 1 atom stereocenters. The van der Waals surface area contributed by atoms with Crippen molar-refractivity contribution >= 4 is 12.0 Å². The van der Waals surface area contributed by atoms with Crippen LogP contribution >= 0.6 is 0 Å². The van der Waals surface area contributed by atoms with Crippen LogP contribution < -0.4 is 0 Å². The van der Waals surface area contributed by atoms with Crippen molar-refractivity contribution in [3.05, 3.63) is 71.3 Å². The molecule has 144 valence electrons. The summed E-state index contributed by atoms with van der Waals surface area (Å²) in [6.07, 6.45) is 6.36. The van der Waals surface area contributed by atoms with E-state index in [1.807, 2.05) is 24.3 Å². The number of hydrogen-bond acceptors (Lipinski definition) is 4. The first-order valence-corrected chi connectivity index (χ1v) is 9.47. The molecule has 0 amide bonds. The summed E-state index contributed by atoms with van der Waals surface area (Å²) in [4.78, 5) is 11.5. The van der Waals surface area contributed by atoms with Gasteiger partial charge in [-0.2, -0.15) is 0 Å². The van der Waals surface area contributed by atoms with Crippen LogP contribution in [-0.4, -0.2) is 28.9 Å². The maximum absolute atomic E-state index is 11.5. The fraction of sp³-hybridized carbons (Fsp3) is 0.348. The molecule has 0 radical (unpaired) electrons. The Balaban J connectivity index is 1.88. The highest BCUT2D eigenvalue weighted by Crippen LogP contribution is 2.25. The molecule has 2 rings (SSSR count). The summed E-state index contributed by atoms with van der Waals surface area (Å²) >= 11 is 0. The van der Waals surface area contributed by atoms with E-state index < -0.39 is 12.1 Å². The van der Waals surface area contributed by atoms with Crippen LogP contribution in [0.4, 0.5) is 0 Å². The van der Waals surface area contributed by atoms with E-state index in [2.05, 4.69) is 12.1 Å². The summed E-state index contributed by atoms with van der Waals surface area (Å²) in [5.74, 6) is -0.294. The molecule has 0 aromatic heterocycles. The van der Waals surface area contributed by atoms with Crippen LogP contribution in [0, 0.1) is 0 Å². The molecular weight excluding hydrogens is 340 g/mol. The average molecular weight is 368 g/mol. The van der Waals surface area contributed by atoms with Crippen LogP contribution in [0.15, 0.2) is 54.6 Å². The molecule has 4 nitrogen and oxygen atoms in total. The second-order valence-corrected chi connectivity index (χ2v) is 6.52. The third kappa shape index (κ3) is 7.27. The van der Waals surface area contributed by atoms with E-state index in [-0.39, 0.29) is 5.75 Å². The predicted molar refractivity (Wildman–Crippen MR) is 107 cm³/mol. The monoisotopic (exact) mass is 368 g/mol. The van der Waals surface area contributed by atoms with Gasteiger partial charge in [-0.1, -0.05) is 48.9 Å². The average Bonchev–Trinajstić information content (AvgIpc) is 2.67. The van der Waals surface area contributed by atoms with Gasteiger partial charge < -0.3 is 14.9 Å². The van der Waals surface area contributed by atoms with Crippen molar-refractivity contribution in [2.45, 2.75) is 45.1 Å². The van der Waals surface area contributed by atoms with Crippen molar-refractivity contribution in [2.75, 3.05) is 6.61 Å². The number of carbonyl (C=O) groups is 1. The van der Waals surface area contributed by atoms with E-state index in [1.54, 1.807) is 25.1 Å². The molecule has 0 saturated heterocycles. The molecule has 0 spiro atoms. The van der Waals surface area contributed by atoms with E-state index in [1.165, 1.54) is 11.6 Å². The van der Waals surface area contributed by atoms with Crippen molar-refractivity contribution in [3.63, 3.8) is 0 Å². The topological polar surface area (TPSA) is 66.8 Å². The molecule has 0 fully saturated rings. The highest BCUT2D eigenvalue weighted by atomic mass is 16.5. The quantitative estimate of drug-likeness (QED) is 0.373. The van der Waals surface area contributed by atoms with Crippen molar-refractivity contribution in [2.24, 2.45) is 0 Å². The van der Waals surface area contributed by atoms with Crippen molar-refractivity contribution in [1.29, 1.82) is 0 Å². The van der Waals surface area contributed by atoms with Gasteiger partial charge in [-0.3, -0.25) is 0 Å². The summed E-state index contributed by atoms with van der Waals surface area (Å²) in [7, 11) is 0. The highest BCUT2D eigenvalue weighted by molar-refractivity contribution is 5.87. The van der Waals surface area contributed by atoms with E-state index >= 15 is 0 Å². The van der Waals surface area contributed by atoms with Crippen LogP contribution in [0.5, 0.6) is 5.75 Å². The lowest BCUT2D eigenvalue weighted by Gasteiger charge is -2.14. The van der Waals surface area contributed by atoms with Crippen molar-refractivity contribution in [1.82, 2.24) is 0 Å². The van der Waals surface area contributed by atoms with Gasteiger partial charge in [0.25, 0.3) is 0 Å². The van der Waals surface area contributed by atoms with Crippen LogP contribution in [0.1, 0.15) is 42.9 Å². The minimum absolute atomic E-state index is 0.129. The molecular formula is C23H28O4. The second-order valence-electron chi connectivity index (χ2n) is 6.52. The standard InChI is InChI=1S/C23H28O4/c1-2-27-23(26)16-15-19-12-8-14-22(25)21(19)17-20(24)13-7-6-11-18-9-4-3-5-10-18/h3-5,8-10,12,14-16,20,24-25H,2,6-7,11,13,17H2,1H3/t20-/m0/s1. The Morgan fingerprint density at radius 1 is 1.11 bits per heavy atom. The lowest BCUT2D eigenvalue weighted by atomic mass is 9.97. The fourth-order valence-corrected chi connectivity index (χ4v) is 3.01. The zero-order chi connectivity index (χ0) is 19.5. The zero-order valence-corrected chi connectivity index (χ0v) is 15.8. The van der Waals surface area contributed by atoms with Crippen LogP contribution in [0.3, 0.4) is 0 Å². The Morgan fingerprint density at radius 3 is 2.63 bits per heavy atom. The summed E-state index contributed by atoms with van der Waals surface area (Å²) in [6.45, 7) is 2.07. The number of aliphatic hydroxyl groups is 1. The normalized spacial score (nSPS) is 12.2. The number of benzene rings is 2. The molecule has 0 aliphatic heterocycles. The number of hydrogen-bond donors (Lipinski definition) is 2. The van der Waals surface area contributed by atoms with E-state index in [0.717, 1.165) is 19.3 Å². The van der Waals surface area contributed by atoms with Gasteiger partial charge in [0.05, 0.1) is 12.7 Å². The molecule has 2 aromatic carbocycles. The minimum Gasteiger partial charge on any atom is -0.508 e. The number of aromatic hydroxyl groups is 1. The van der Waals surface area contributed by atoms with E-state index in [0.29, 0.717) is 30.6 Å². The highest BCUT2D eigenvalue weighted by Gasteiger charge is 2.12. The smallest absolute Gasteiger partial charge is 0.330 e. The van der Waals surface area contributed by atoms with Gasteiger partial charge in [0.15, 0.2) is 0 Å². The Bertz CT molecular complexity index is 737. The lowest BCUT2D eigenvalue weighted by Crippen LogP contribution is -2.11. The molecule has 27 heavy (non-hydrogen) atoms. The Hall–Kier alpha value is -2.59. The third-order valence-corrected chi connectivity index (χ3v) is 4.41. The number of phenolic OH excluding ortho intramolecular Hbond substituents is 1. The lowest BCUT2D eigenvalue weighted by molar-refractivity contribution is -0.137. The number of phenols is 1. The Morgan fingerprint density at radius 2 is 1.89 bits per heavy atom. The number of aliphatic hydroxyl groups excluding tert-OH is 1. The van der Waals surface area contributed by atoms with Gasteiger partial charge in [0.1, 0.15) is 5.75 Å². The maximum atomic E-state index is 11.5. The van der Waals surface area contributed by atoms with Gasteiger partial charge in [-0.25, -0.2) is 4.79 Å². The Labute approximate surface area is 161 Å². The summed E-state index contributed by atoms with van der Waals surface area (Å²) in [5.41, 5.74) is 2.67. The van der Waals surface area contributed by atoms with E-state index in [9.17, 15) is 15.0 Å². The summed E-state index contributed by atoms with van der Waals surface area (Å²) < 4.78 is 4.88. The first-order chi connectivity index (χ1) is 13.1. The van der Waals surface area contributed by atoms with Gasteiger partial charge in [0.2, 0.25) is 0 Å². The molecule has 2 N–H and O–H groups in total. The zero-order valence-electron chi connectivity index (χ0n) is 15.8. The van der Waals surface area contributed by atoms with Gasteiger partial charge in [-0.05, 0) is 49.5 Å². The van der Waals surface area contributed by atoms with E-state index in [4.69, 9.17) is 4.74 Å². The molecule has 0 bridgehead atoms. The molecule has 4 heteroatoms. The molecule has 0 saturated carbocycles. The largest absolute Gasteiger partial charge is 0.508 e. The number of rotatable bonds is 10. The first kappa shape index (κ1) is 20.7. The van der Waals surface area contributed by atoms with Crippen molar-refractivity contribution < 1.29 is 19.7 Å². The molecule has 0 unspecified atom stereocenters. The third-order valence-electron chi connectivity index (χ3n) is 4.41. The first-order valence-electron chi connectivity index (χ1n) is 9.47. The maximum Gasteiger partial charge on any atom is 0.330 e. The molecule has 2 aromatic rings.